The third-order valence-corrected chi connectivity index (χ3v) is 5.82. The maximum absolute atomic E-state index is 13.1. The van der Waals surface area contributed by atoms with E-state index in [0.717, 1.165) is 28.0 Å². The van der Waals surface area contributed by atoms with E-state index in [4.69, 9.17) is 4.74 Å². The van der Waals surface area contributed by atoms with Crippen LogP contribution in [-0.2, 0) is 11.3 Å². The molecule has 1 aliphatic rings. The summed E-state index contributed by atoms with van der Waals surface area (Å²) in [6, 6.07) is 19.0. The fourth-order valence-corrected chi connectivity index (χ4v) is 3.96. The molecule has 8 heteroatoms. The molecule has 33 heavy (non-hydrogen) atoms. The Labute approximate surface area is 191 Å². The maximum Gasteiger partial charge on any atom is 0.254 e. The van der Waals surface area contributed by atoms with Crippen LogP contribution in [0.5, 0.6) is 0 Å². The van der Waals surface area contributed by atoms with Gasteiger partial charge < -0.3 is 19.7 Å². The number of aromatic nitrogens is 3. The molecular formula is C25H25N5O3. The minimum absolute atomic E-state index is 0.0335. The van der Waals surface area contributed by atoms with Crippen molar-refractivity contribution >= 4 is 16.9 Å². The fraction of sp³-hybridized carbons (Fsp3) is 0.240. The minimum atomic E-state index is -0.991. The van der Waals surface area contributed by atoms with Crippen molar-refractivity contribution in [2.45, 2.75) is 13.0 Å². The second kappa shape index (κ2) is 9.50. The van der Waals surface area contributed by atoms with E-state index in [0.29, 0.717) is 38.3 Å². The number of carbonyl (C=O) groups is 1. The van der Waals surface area contributed by atoms with Crippen molar-refractivity contribution in [3.8, 4) is 11.4 Å². The molecule has 0 bridgehead atoms. The van der Waals surface area contributed by atoms with Crippen LogP contribution < -0.4 is 0 Å². The summed E-state index contributed by atoms with van der Waals surface area (Å²) in [5, 5.41) is 10.4. The second-order valence-electron chi connectivity index (χ2n) is 8.01. The largest absolute Gasteiger partial charge is 0.356 e. The number of fused-ring (bicyclic) bond motifs is 1. The lowest BCUT2D eigenvalue weighted by Gasteiger charge is -2.36. The number of H-pyrrole nitrogens is 1. The number of hydrogen-bond acceptors (Lipinski definition) is 6. The van der Waals surface area contributed by atoms with Crippen LogP contribution in [0.3, 0.4) is 0 Å². The summed E-state index contributed by atoms with van der Waals surface area (Å²) in [6.45, 7) is 2.46. The Balaban J connectivity index is 1.20. The Kier molecular flexibility index (Phi) is 6.12. The maximum atomic E-state index is 13.1. The summed E-state index contributed by atoms with van der Waals surface area (Å²) in [4.78, 5) is 28.7. The van der Waals surface area contributed by atoms with Gasteiger partial charge in [-0.2, -0.15) is 0 Å². The van der Waals surface area contributed by atoms with E-state index in [9.17, 15) is 9.90 Å². The van der Waals surface area contributed by atoms with Crippen molar-refractivity contribution in [1.82, 2.24) is 24.8 Å². The molecular weight excluding hydrogens is 418 g/mol. The third-order valence-electron chi connectivity index (χ3n) is 5.82. The van der Waals surface area contributed by atoms with E-state index in [1.807, 2.05) is 65.6 Å². The number of aliphatic hydroxyl groups excluding tert-OH is 1. The molecule has 3 heterocycles. The smallest absolute Gasteiger partial charge is 0.254 e. The van der Waals surface area contributed by atoms with Crippen LogP contribution in [0.4, 0.5) is 0 Å². The van der Waals surface area contributed by atoms with Crippen LogP contribution in [0.1, 0.15) is 15.9 Å². The standard InChI is InChI=1S/C25H25N5O3/c31-24(19-8-9-21-22(15-19)28-23(27-21)20-7-4-10-26-16-20)29-11-13-30(14-12-29)25(32)33-17-18-5-2-1-3-6-18/h1-10,15-16,25,32H,11-14,17H2,(H,27,28). The minimum Gasteiger partial charge on any atom is -0.356 e. The molecule has 1 amide bonds. The summed E-state index contributed by atoms with van der Waals surface area (Å²) < 4.78 is 5.60. The van der Waals surface area contributed by atoms with Gasteiger partial charge >= 0.3 is 0 Å². The molecule has 0 saturated carbocycles. The first kappa shape index (κ1) is 21.3. The number of imidazole rings is 1. The molecule has 1 atom stereocenters. The summed E-state index contributed by atoms with van der Waals surface area (Å²) in [7, 11) is 0. The van der Waals surface area contributed by atoms with Gasteiger partial charge in [0.05, 0.1) is 17.6 Å². The molecule has 1 fully saturated rings. The van der Waals surface area contributed by atoms with Gasteiger partial charge in [-0.15, -0.1) is 0 Å². The topological polar surface area (TPSA) is 94.6 Å². The number of aromatic amines is 1. The van der Waals surface area contributed by atoms with Gasteiger partial charge in [0.15, 0.2) is 0 Å². The molecule has 0 aliphatic carbocycles. The zero-order chi connectivity index (χ0) is 22.6. The zero-order valence-electron chi connectivity index (χ0n) is 18.1. The first-order chi connectivity index (χ1) is 16.2. The van der Waals surface area contributed by atoms with E-state index < -0.39 is 6.41 Å². The highest BCUT2D eigenvalue weighted by Gasteiger charge is 2.26. The van der Waals surface area contributed by atoms with Crippen molar-refractivity contribution in [3.05, 3.63) is 84.2 Å². The van der Waals surface area contributed by atoms with Gasteiger partial charge in [0, 0.05) is 49.7 Å². The Morgan fingerprint density at radius 1 is 1.06 bits per heavy atom. The molecule has 2 N–H and O–H groups in total. The van der Waals surface area contributed by atoms with E-state index in [2.05, 4.69) is 15.0 Å². The van der Waals surface area contributed by atoms with Crippen molar-refractivity contribution in [2.75, 3.05) is 26.2 Å². The SMILES string of the molecule is O=C(c1ccc2nc(-c3cccnc3)[nH]c2c1)N1CCN(C(O)OCc2ccccc2)CC1. The molecule has 0 radical (unpaired) electrons. The van der Waals surface area contributed by atoms with Crippen LogP contribution >= 0.6 is 0 Å². The van der Waals surface area contributed by atoms with Crippen LogP contribution in [0.15, 0.2) is 73.1 Å². The van der Waals surface area contributed by atoms with E-state index in [-0.39, 0.29) is 5.91 Å². The predicted molar refractivity (Wildman–Crippen MR) is 124 cm³/mol. The first-order valence-electron chi connectivity index (χ1n) is 10.9. The number of piperazine rings is 1. The van der Waals surface area contributed by atoms with Gasteiger partial charge in [0.2, 0.25) is 6.41 Å². The van der Waals surface area contributed by atoms with Crippen LogP contribution in [0.2, 0.25) is 0 Å². The molecule has 168 valence electrons. The van der Waals surface area contributed by atoms with Crippen molar-refractivity contribution < 1.29 is 14.6 Å². The first-order valence-corrected chi connectivity index (χ1v) is 10.9. The number of nitrogens with one attached hydrogen (secondary N) is 1. The molecule has 4 aromatic rings. The fourth-order valence-electron chi connectivity index (χ4n) is 3.96. The number of aliphatic hydroxyl groups is 1. The Morgan fingerprint density at radius 2 is 1.88 bits per heavy atom. The number of hydrogen-bond donors (Lipinski definition) is 2. The van der Waals surface area contributed by atoms with Crippen LogP contribution in [-0.4, -0.2) is 68.4 Å². The number of ether oxygens (including phenoxy) is 1. The molecule has 1 unspecified atom stereocenters. The highest BCUT2D eigenvalue weighted by Crippen LogP contribution is 2.21. The molecule has 2 aromatic heterocycles. The average molecular weight is 444 g/mol. The third kappa shape index (κ3) is 4.78. The van der Waals surface area contributed by atoms with Gasteiger partial charge in [-0.05, 0) is 35.9 Å². The monoisotopic (exact) mass is 443 g/mol. The van der Waals surface area contributed by atoms with Gasteiger partial charge in [-0.1, -0.05) is 30.3 Å². The number of benzene rings is 2. The Morgan fingerprint density at radius 3 is 2.64 bits per heavy atom. The van der Waals surface area contributed by atoms with Crippen LogP contribution in [0.25, 0.3) is 22.4 Å². The number of pyridine rings is 1. The lowest BCUT2D eigenvalue weighted by Crippen LogP contribution is -2.52. The number of nitrogens with zero attached hydrogens (tertiary/aromatic N) is 4. The van der Waals surface area contributed by atoms with E-state index >= 15 is 0 Å². The second-order valence-corrected chi connectivity index (χ2v) is 8.01. The van der Waals surface area contributed by atoms with Crippen molar-refractivity contribution in [3.63, 3.8) is 0 Å². The average Bonchev–Trinajstić information content (AvgIpc) is 3.32. The Bertz CT molecular complexity index is 1220. The van der Waals surface area contributed by atoms with Gasteiger partial charge in [-0.25, -0.2) is 4.98 Å². The lowest BCUT2D eigenvalue weighted by molar-refractivity contribution is -0.205. The van der Waals surface area contributed by atoms with Crippen molar-refractivity contribution in [1.29, 1.82) is 0 Å². The van der Waals surface area contributed by atoms with Crippen LogP contribution in [0, 0.1) is 0 Å². The van der Waals surface area contributed by atoms with Gasteiger partial charge in [0.1, 0.15) is 5.82 Å². The van der Waals surface area contributed by atoms with Gasteiger partial charge in [0.25, 0.3) is 5.91 Å². The summed E-state index contributed by atoms with van der Waals surface area (Å²) in [5.74, 6) is 0.689. The number of amides is 1. The summed E-state index contributed by atoms with van der Waals surface area (Å²) in [5.41, 5.74) is 4.12. The number of carbonyl (C=O) groups excluding carboxylic acids is 1. The Hall–Kier alpha value is -3.59. The van der Waals surface area contributed by atoms with E-state index in [1.165, 1.54) is 0 Å². The highest BCUT2D eigenvalue weighted by molar-refractivity contribution is 5.97. The summed E-state index contributed by atoms with van der Waals surface area (Å²) >= 11 is 0. The van der Waals surface area contributed by atoms with Crippen molar-refractivity contribution in [2.24, 2.45) is 0 Å². The zero-order valence-corrected chi connectivity index (χ0v) is 18.1. The summed E-state index contributed by atoms with van der Waals surface area (Å²) in [6.07, 6.45) is 2.48. The number of rotatable bonds is 6. The molecule has 5 rings (SSSR count). The molecule has 2 aromatic carbocycles. The molecule has 1 saturated heterocycles. The molecule has 0 spiro atoms. The van der Waals surface area contributed by atoms with Gasteiger partial charge in [-0.3, -0.25) is 14.7 Å². The lowest BCUT2D eigenvalue weighted by atomic mass is 10.1. The quantitative estimate of drug-likeness (QED) is 0.445. The predicted octanol–water partition coefficient (Wildman–Crippen LogP) is 2.88. The highest BCUT2D eigenvalue weighted by atomic mass is 16.6. The molecule has 1 aliphatic heterocycles. The van der Waals surface area contributed by atoms with E-state index in [1.54, 1.807) is 17.3 Å². The molecule has 8 nitrogen and oxygen atoms in total. The normalized spacial score (nSPS) is 15.6.